The van der Waals surface area contributed by atoms with E-state index in [1.165, 1.54) is 16.7 Å². The summed E-state index contributed by atoms with van der Waals surface area (Å²) in [5.41, 5.74) is 4.00. The molecule has 0 aromatic heterocycles. The second-order valence-corrected chi connectivity index (χ2v) is 4.64. The SMILES string of the molecule is CCc1cc[c]c(CCc2ccc(Cl)cc2)c1. The summed E-state index contributed by atoms with van der Waals surface area (Å²) in [6.07, 6.45) is 3.17. The summed E-state index contributed by atoms with van der Waals surface area (Å²) in [4.78, 5) is 0. The molecule has 2 aromatic carbocycles. The Balaban J connectivity index is 1.99. The minimum atomic E-state index is 0.799. The van der Waals surface area contributed by atoms with Crippen LogP contribution in [-0.2, 0) is 19.3 Å². The van der Waals surface area contributed by atoms with Crippen molar-refractivity contribution in [2.45, 2.75) is 26.2 Å². The summed E-state index contributed by atoms with van der Waals surface area (Å²) in [5, 5.41) is 0.799. The quantitative estimate of drug-likeness (QED) is 0.742. The zero-order valence-electron chi connectivity index (χ0n) is 10.0. The molecule has 2 aromatic rings. The first kappa shape index (κ1) is 12.2. The molecule has 0 saturated heterocycles. The lowest BCUT2D eigenvalue weighted by atomic mass is 10.0. The molecule has 0 bridgehead atoms. The second kappa shape index (κ2) is 5.88. The molecule has 0 aliphatic rings. The number of hydrogen-bond acceptors (Lipinski definition) is 0. The molecule has 0 nitrogen and oxygen atoms in total. The maximum atomic E-state index is 5.86. The standard InChI is InChI=1S/C16H16Cl/c1-2-13-4-3-5-15(12-13)7-6-14-8-10-16(17)11-9-14/h3-4,8-12H,2,6-7H2,1H3. The highest BCUT2D eigenvalue weighted by Crippen LogP contribution is 2.13. The predicted octanol–water partition coefficient (Wildman–Crippen LogP) is 4.49. The van der Waals surface area contributed by atoms with E-state index in [1.807, 2.05) is 18.2 Å². The summed E-state index contributed by atoms with van der Waals surface area (Å²) >= 11 is 5.86. The topological polar surface area (TPSA) is 0 Å². The van der Waals surface area contributed by atoms with Crippen LogP contribution < -0.4 is 0 Å². The largest absolute Gasteiger partial charge is 0.0843 e. The summed E-state index contributed by atoms with van der Waals surface area (Å²) in [6, 6.07) is 17.8. The number of hydrogen-bond donors (Lipinski definition) is 0. The van der Waals surface area contributed by atoms with E-state index in [2.05, 4.69) is 37.3 Å². The van der Waals surface area contributed by atoms with Crippen molar-refractivity contribution in [1.82, 2.24) is 0 Å². The number of benzene rings is 2. The van der Waals surface area contributed by atoms with E-state index in [0.29, 0.717) is 0 Å². The average Bonchev–Trinajstić information content (AvgIpc) is 2.38. The highest BCUT2D eigenvalue weighted by atomic mass is 35.5. The van der Waals surface area contributed by atoms with Gasteiger partial charge in [-0.25, -0.2) is 0 Å². The molecule has 0 amide bonds. The van der Waals surface area contributed by atoms with Crippen LogP contribution >= 0.6 is 11.6 Å². The van der Waals surface area contributed by atoms with Gasteiger partial charge in [0.2, 0.25) is 0 Å². The van der Waals surface area contributed by atoms with Crippen LogP contribution in [0.15, 0.2) is 42.5 Å². The second-order valence-electron chi connectivity index (χ2n) is 4.20. The predicted molar refractivity (Wildman–Crippen MR) is 73.5 cm³/mol. The van der Waals surface area contributed by atoms with Crippen LogP contribution in [0.1, 0.15) is 23.6 Å². The van der Waals surface area contributed by atoms with E-state index in [9.17, 15) is 0 Å². The van der Waals surface area contributed by atoms with Gasteiger partial charge < -0.3 is 0 Å². The molecule has 0 N–H and O–H groups in total. The molecule has 0 aliphatic heterocycles. The molecule has 0 heterocycles. The number of halogens is 1. The van der Waals surface area contributed by atoms with Crippen molar-refractivity contribution in [2.75, 3.05) is 0 Å². The molecular weight excluding hydrogens is 228 g/mol. The lowest BCUT2D eigenvalue weighted by Gasteiger charge is -2.04. The van der Waals surface area contributed by atoms with Crippen LogP contribution in [0.5, 0.6) is 0 Å². The molecule has 17 heavy (non-hydrogen) atoms. The molecule has 87 valence electrons. The van der Waals surface area contributed by atoms with Crippen molar-refractivity contribution in [1.29, 1.82) is 0 Å². The van der Waals surface area contributed by atoms with Crippen molar-refractivity contribution in [2.24, 2.45) is 0 Å². The third-order valence-corrected chi connectivity index (χ3v) is 3.18. The first-order valence-electron chi connectivity index (χ1n) is 6.02. The first-order chi connectivity index (χ1) is 8.28. The monoisotopic (exact) mass is 243 g/mol. The van der Waals surface area contributed by atoms with E-state index in [0.717, 1.165) is 24.3 Å². The Morgan fingerprint density at radius 2 is 1.76 bits per heavy atom. The fourth-order valence-electron chi connectivity index (χ4n) is 1.86. The van der Waals surface area contributed by atoms with Crippen LogP contribution in [0, 0.1) is 6.07 Å². The maximum Gasteiger partial charge on any atom is 0.0406 e. The molecule has 0 atom stereocenters. The van der Waals surface area contributed by atoms with E-state index in [-0.39, 0.29) is 0 Å². The zero-order chi connectivity index (χ0) is 12.1. The molecule has 1 radical (unpaired) electrons. The Morgan fingerprint density at radius 3 is 2.47 bits per heavy atom. The minimum absolute atomic E-state index is 0.799. The molecule has 0 aliphatic carbocycles. The smallest absolute Gasteiger partial charge is 0.0406 e. The maximum absolute atomic E-state index is 5.86. The van der Waals surface area contributed by atoms with Gasteiger partial charge in [0.1, 0.15) is 0 Å². The summed E-state index contributed by atoms with van der Waals surface area (Å²) in [7, 11) is 0. The normalized spacial score (nSPS) is 10.5. The van der Waals surface area contributed by atoms with Crippen molar-refractivity contribution < 1.29 is 0 Å². The van der Waals surface area contributed by atoms with Crippen molar-refractivity contribution >= 4 is 11.6 Å². The van der Waals surface area contributed by atoms with Gasteiger partial charge in [0, 0.05) is 5.02 Å². The fraction of sp³-hybridized carbons (Fsp3) is 0.250. The number of aryl methyl sites for hydroxylation is 3. The van der Waals surface area contributed by atoms with Crippen LogP contribution in [0.3, 0.4) is 0 Å². The highest BCUT2D eigenvalue weighted by molar-refractivity contribution is 6.30. The Kier molecular flexibility index (Phi) is 4.22. The molecular formula is C16H16Cl. The molecule has 0 fully saturated rings. The fourth-order valence-corrected chi connectivity index (χ4v) is 1.99. The Morgan fingerprint density at radius 1 is 1.00 bits per heavy atom. The van der Waals surface area contributed by atoms with Gasteiger partial charge in [0.05, 0.1) is 0 Å². The molecule has 0 spiro atoms. The van der Waals surface area contributed by atoms with Crippen LogP contribution in [0.2, 0.25) is 5.02 Å². The van der Waals surface area contributed by atoms with E-state index < -0.39 is 0 Å². The Labute approximate surface area is 108 Å². The number of rotatable bonds is 4. The van der Waals surface area contributed by atoms with Gasteiger partial charge in [-0.2, -0.15) is 0 Å². The molecule has 1 heteroatoms. The van der Waals surface area contributed by atoms with E-state index in [1.54, 1.807) is 0 Å². The Hall–Kier alpha value is -1.27. The molecule has 0 unspecified atom stereocenters. The average molecular weight is 244 g/mol. The van der Waals surface area contributed by atoms with Gasteiger partial charge >= 0.3 is 0 Å². The van der Waals surface area contributed by atoms with Gasteiger partial charge in [0.25, 0.3) is 0 Å². The summed E-state index contributed by atoms with van der Waals surface area (Å²) in [6.45, 7) is 2.18. The highest BCUT2D eigenvalue weighted by Gasteiger charge is 1.98. The van der Waals surface area contributed by atoms with Gasteiger partial charge in [-0.3, -0.25) is 0 Å². The van der Waals surface area contributed by atoms with Crippen molar-refractivity contribution in [3.8, 4) is 0 Å². The van der Waals surface area contributed by atoms with E-state index in [4.69, 9.17) is 11.6 Å². The minimum Gasteiger partial charge on any atom is -0.0843 e. The van der Waals surface area contributed by atoms with Crippen molar-refractivity contribution in [3.05, 3.63) is 70.2 Å². The van der Waals surface area contributed by atoms with Crippen molar-refractivity contribution in [3.63, 3.8) is 0 Å². The van der Waals surface area contributed by atoms with Crippen LogP contribution in [-0.4, -0.2) is 0 Å². The van der Waals surface area contributed by atoms with E-state index >= 15 is 0 Å². The molecule has 0 saturated carbocycles. The third-order valence-electron chi connectivity index (χ3n) is 2.93. The van der Waals surface area contributed by atoms with Gasteiger partial charge in [-0.05, 0) is 54.2 Å². The van der Waals surface area contributed by atoms with Gasteiger partial charge in [-0.15, -0.1) is 0 Å². The van der Waals surface area contributed by atoms with Gasteiger partial charge in [-0.1, -0.05) is 48.9 Å². The lowest BCUT2D eigenvalue weighted by Crippen LogP contribution is -1.92. The summed E-state index contributed by atoms with van der Waals surface area (Å²) in [5.74, 6) is 0. The summed E-state index contributed by atoms with van der Waals surface area (Å²) < 4.78 is 0. The van der Waals surface area contributed by atoms with Crippen LogP contribution in [0.4, 0.5) is 0 Å². The Bertz CT molecular complexity index is 471. The van der Waals surface area contributed by atoms with Crippen LogP contribution in [0.25, 0.3) is 0 Å². The first-order valence-corrected chi connectivity index (χ1v) is 6.39. The lowest BCUT2D eigenvalue weighted by molar-refractivity contribution is 0.952. The zero-order valence-corrected chi connectivity index (χ0v) is 10.8. The molecule has 2 rings (SSSR count). The van der Waals surface area contributed by atoms with Gasteiger partial charge in [0.15, 0.2) is 0 Å². The third kappa shape index (κ3) is 3.61.